The van der Waals surface area contributed by atoms with Crippen molar-refractivity contribution in [2.45, 2.75) is 25.9 Å². The summed E-state index contributed by atoms with van der Waals surface area (Å²) in [6.07, 6.45) is 9.44. The quantitative estimate of drug-likeness (QED) is 0.716. The molecule has 1 unspecified atom stereocenters. The number of imidazole rings is 1. The Bertz CT molecular complexity index is 1130. The summed E-state index contributed by atoms with van der Waals surface area (Å²) < 4.78 is 30.2. The number of allylic oxidation sites excluding steroid dienone is 2. The van der Waals surface area contributed by atoms with Crippen LogP contribution in [0, 0.1) is 6.92 Å². The lowest BCUT2D eigenvalue weighted by Crippen LogP contribution is -2.38. The zero-order valence-corrected chi connectivity index (χ0v) is 14.9. The third-order valence-corrected chi connectivity index (χ3v) is 4.38. The van der Waals surface area contributed by atoms with Gasteiger partial charge in [-0.1, -0.05) is 6.08 Å². The van der Waals surface area contributed by atoms with Gasteiger partial charge < -0.3 is 11.1 Å². The third-order valence-electron chi connectivity index (χ3n) is 4.38. The average Bonchev–Trinajstić information content (AvgIpc) is 3.25. The summed E-state index contributed by atoms with van der Waals surface area (Å²) in [7, 11) is 0. The number of nitrogens with one attached hydrogen (secondary N) is 1. The maximum atomic E-state index is 13.7. The van der Waals surface area contributed by atoms with E-state index in [0.717, 1.165) is 23.0 Å². The van der Waals surface area contributed by atoms with Crippen molar-refractivity contribution in [3.63, 3.8) is 0 Å². The number of fused-ring (bicyclic) bond motifs is 1. The molecule has 0 radical (unpaired) electrons. The Balaban J connectivity index is 1.51. The molecule has 0 aromatic carbocycles. The highest BCUT2D eigenvalue weighted by Gasteiger charge is 2.22. The number of rotatable bonds is 4. The summed E-state index contributed by atoms with van der Waals surface area (Å²) in [5.41, 5.74) is 8.63. The van der Waals surface area contributed by atoms with Gasteiger partial charge in [-0.05, 0) is 19.4 Å². The SMILES string of the molecule is Cc1cn2c(-c3cnn(CC(=O)NC4CC=CC(F)=C4F)c3)cnc2c(N)n1. The number of halogens is 2. The second-order valence-electron chi connectivity index (χ2n) is 6.49. The van der Waals surface area contributed by atoms with Crippen molar-refractivity contribution >= 4 is 17.4 Å². The number of aryl methyl sites for hydroxylation is 1. The van der Waals surface area contributed by atoms with Crippen LogP contribution in [0.4, 0.5) is 14.6 Å². The summed E-state index contributed by atoms with van der Waals surface area (Å²) in [6, 6.07) is -0.996. The van der Waals surface area contributed by atoms with Crippen molar-refractivity contribution < 1.29 is 13.6 Å². The van der Waals surface area contributed by atoms with Gasteiger partial charge in [0.1, 0.15) is 6.54 Å². The van der Waals surface area contributed by atoms with Crippen LogP contribution in [0.1, 0.15) is 12.1 Å². The highest BCUT2D eigenvalue weighted by molar-refractivity contribution is 5.76. The second-order valence-corrected chi connectivity index (χ2v) is 6.49. The first-order valence-corrected chi connectivity index (χ1v) is 8.56. The van der Waals surface area contributed by atoms with Gasteiger partial charge in [0.05, 0.1) is 29.8 Å². The molecule has 10 heteroatoms. The lowest BCUT2D eigenvalue weighted by Gasteiger charge is -2.18. The maximum Gasteiger partial charge on any atom is 0.242 e. The number of hydrogen-bond donors (Lipinski definition) is 2. The van der Waals surface area contributed by atoms with Gasteiger partial charge in [-0.15, -0.1) is 0 Å². The Kier molecular flexibility index (Phi) is 4.38. The van der Waals surface area contributed by atoms with Gasteiger partial charge in [-0.2, -0.15) is 5.10 Å². The summed E-state index contributed by atoms with van der Waals surface area (Å²) >= 11 is 0. The van der Waals surface area contributed by atoms with Crippen LogP contribution in [-0.4, -0.2) is 36.1 Å². The predicted octanol–water partition coefficient (Wildman–Crippen LogP) is 2.08. The van der Waals surface area contributed by atoms with Crippen LogP contribution in [-0.2, 0) is 11.3 Å². The molecule has 28 heavy (non-hydrogen) atoms. The summed E-state index contributed by atoms with van der Waals surface area (Å²) in [5.74, 6) is -2.08. The van der Waals surface area contributed by atoms with Gasteiger partial charge in [0.2, 0.25) is 5.91 Å². The molecule has 0 aliphatic heterocycles. The van der Waals surface area contributed by atoms with E-state index >= 15 is 0 Å². The standard InChI is InChI=1S/C18H17F2N7O/c1-10-7-27-14(6-22-18(27)17(21)24-10)11-5-23-26(8-11)9-15(28)25-13-4-2-3-12(19)16(13)20/h2-3,5-8,13H,4,9H2,1H3,(H2,21,24)(H,25,28). The van der Waals surface area contributed by atoms with E-state index in [4.69, 9.17) is 5.73 Å². The molecule has 144 valence electrons. The van der Waals surface area contributed by atoms with Crippen LogP contribution in [0.25, 0.3) is 16.9 Å². The third kappa shape index (κ3) is 3.24. The fraction of sp³-hybridized carbons (Fsp3) is 0.222. The highest BCUT2D eigenvalue weighted by atomic mass is 19.2. The Morgan fingerprint density at radius 3 is 3.00 bits per heavy atom. The van der Waals surface area contributed by atoms with E-state index in [1.807, 2.05) is 6.92 Å². The number of nitrogens with two attached hydrogens (primary N) is 1. The summed E-state index contributed by atoms with van der Waals surface area (Å²) in [6.45, 7) is 1.69. The van der Waals surface area contributed by atoms with Crippen molar-refractivity contribution in [1.29, 1.82) is 0 Å². The molecule has 3 N–H and O–H groups in total. The van der Waals surface area contributed by atoms with Gasteiger partial charge in [-0.25, -0.2) is 18.7 Å². The minimum absolute atomic E-state index is 0.130. The molecule has 1 amide bonds. The molecule has 3 aromatic heterocycles. The fourth-order valence-electron chi connectivity index (χ4n) is 3.10. The van der Waals surface area contributed by atoms with E-state index in [9.17, 15) is 13.6 Å². The summed E-state index contributed by atoms with van der Waals surface area (Å²) in [4.78, 5) is 20.6. The maximum absolute atomic E-state index is 13.7. The Labute approximate surface area is 158 Å². The van der Waals surface area contributed by atoms with Crippen LogP contribution in [0.5, 0.6) is 0 Å². The number of amides is 1. The Morgan fingerprint density at radius 1 is 1.36 bits per heavy atom. The van der Waals surface area contributed by atoms with Crippen molar-refractivity contribution in [1.82, 2.24) is 29.5 Å². The lowest BCUT2D eigenvalue weighted by atomic mass is 10.1. The number of nitrogens with zero attached hydrogens (tertiary/aromatic N) is 5. The summed E-state index contributed by atoms with van der Waals surface area (Å²) in [5, 5.41) is 6.63. The number of nitrogen functional groups attached to an aromatic ring is 1. The molecule has 0 saturated heterocycles. The number of carbonyl (C=O) groups is 1. The second kappa shape index (κ2) is 6.87. The molecule has 1 atom stereocenters. The monoisotopic (exact) mass is 385 g/mol. The zero-order chi connectivity index (χ0) is 19.8. The molecular weight excluding hydrogens is 368 g/mol. The van der Waals surface area contributed by atoms with Gasteiger partial charge in [0.25, 0.3) is 0 Å². The minimum atomic E-state index is -0.996. The molecule has 0 saturated carbocycles. The first-order chi connectivity index (χ1) is 13.4. The van der Waals surface area contributed by atoms with Crippen molar-refractivity contribution in [2.75, 3.05) is 5.73 Å². The average molecular weight is 385 g/mol. The minimum Gasteiger partial charge on any atom is -0.381 e. The van der Waals surface area contributed by atoms with Crippen LogP contribution < -0.4 is 11.1 Å². The van der Waals surface area contributed by atoms with Crippen LogP contribution in [0.2, 0.25) is 0 Å². The van der Waals surface area contributed by atoms with E-state index in [1.54, 1.807) is 29.2 Å². The van der Waals surface area contributed by atoms with Crippen molar-refractivity contribution in [3.05, 3.63) is 54.3 Å². The smallest absolute Gasteiger partial charge is 0.242 e. The van der Waals surface area contributed by atoms with Gasteiger partial charge >= 0.3 is 0 Å². The van der Waals surface area contributed by atoms with Crippen LogP contribution >= 0.6 is 0 Å². The Hall–Kier alpha value is -3.56. The van der Waals surface area contributed by atoms with Gasteiger partial charge in [0.15, 0.2) is 23.1 Å². The van der Waals surface area contributed by atoms with E-state index < -0.39 is 23.6 Å². The molecule has 0 bridgehead atoms. The molecule has 4 rings (SSSR count). The molecule has 0 spiro atoms. The molecule has 1 aliphatic rings. The normalized spacial score (nSPS) is 16.8. The molecule has 1 aliphatic carbocycles. The zero-order valence-electron chi connectivity index (χ0n) is 14.9. The van der Waals surface area contributed by atoms with E-state index in [0.29, 0.717) is 11.5 Å². The fourth-order valence-corrected chi connectivity index (χ4v) is 3.10. The van der Waals surface area contributed by atoms with E-state index in [1.165, 1.54) is 10.8 Å². The first-order valence-electron chi connectivity index (χ1n) is 8.56. The number of hydrogen-bond acceptors (Lipinski definition) is 5. The van der Waals surface area contributed by atoms with Crippen LogP contribution in [0.15, 0.2) is 48.6 Å². The number of aromatic nitrogens is 5. The van der Waals surface area contributed by atoms with Crippen molar-refractivity contribution in [2.24, 2.45) is 0 Å². The predicted molar refractivity (Wildman–Crippen MR) is 98.3 cm³/mol. The van der Waals surface area contributed by atoms with E-state index in [2.05, 4.69) is 20.4 Å². The first kappa shape index (κ1) is 17.8. The topological polar surface area (TPSA) is 103 Å². The van der Waals surface area contributed by atoms with E-state index in [-0.39, 0.29) is 13.0 Å². The lowest BCUT2D eigenvalue weighted by molar-refractivity contribution is -0.122. The molecule has 3 heterocycles. The van der Waals surface area contributed by atoms with Crippen LogP contribution in [0.3, 0.4) is 0 Å². The highest BCUT2D eigenvalue weighted by Crippen LogP contribution is 2.23. The number of carbonyl (C=O) groups excluding carboxylic acids is 1. The van der Waals surface area contributed by atoms with Crippen molar-refractivity contribution in [3.8, 4) is 11.3 Å². The molecule has 8 nitrogen and oxygen atoms in total. The van der Waals surface area contributed by atoms with Gasteiger partial charge in [0, 0.05) is 18.0 Å². The largest absolute Gasteiger partial charge is 0.381 e. The molecular formula is C18H17F2N7O. The molecule has 0 fully saturated rings. The Morgan fingerprint density at radius 2 is 2.18 bits per heavy atom. The van der Waals surface area contributed by atoms with Gasteiger partial charge in [-0.3, -0.25) is 13.9 Å². The number of anilines is 1. The molecule has 3 aromatic rings.